The standard InChI is InChI=1S/C9H5B2F4N3O2/c10-5-2-18(17-16-5)11-9(19)20-8-6(14)3(12)1-4(13)7(8)15/h1-2,11H,10H2. The molecule has 0 spiro atoms. The Morgan fingerprint density at radius 3 is 2.35 bits per heavy atom. The largest absolute Gasteiger partial charge is 0.426 e. The SMILES string of the molecule is Bc1cn(BC(=O)Oc2c(F)c(F)cc(F)c2F)nn1. The minimum Gasteiger partial charge on any atom is -0.426 e. The third-order valence-corrected chi connectivity index (χ3v) is 2.23. The predicted molar refractivity (Wildman–Crippen MR) is 63.0 cm³/mol. The lowest BCUT2D eigenvalue weighted by molar-refractivity contribution is 0.218. The summed E-state index contributed by atoms with van der Waals surface area (Å²) in [5.74, 6) is -9.48. The van der Waals surface area contributed by atoms with E-state index in [0.717, 1.165) is 4.59 Å². The smallest absolute Gasteiger partial charge is 0.398 e. The van der Waals surface area contributed by atoms with Crippen molar-refractivity contribution in [3.05, 3.63) is 35.5 Å². The lowest BCUT2D eigenvalue weighted by Crippen LogP contribution is -2.24. The molecule has 1 aromatic carbocycles. The Morgan fingerprint density at radius 1 is 1.25 bits per heavy atom. The number of nitrogens with zero attached hydrogens (tertiary/aromatic N) is 3. The highest BCUT2D eigenvalue weighted by Gasteiger charge is 2.23. The molecule has 0 atom stereocenters. The Kier molecular flexibility index (Phi) is 3.77. The summed E-state index contributed by atoms with van der Waals surface area (Å²) in [4.78, 5) is 11.4. The number of carbonyl (C=O) groups excluding carboxylic acids is 1. The van der Waals surface area contributed by atoms with Crippen molar-refractivity contribution >= 4 is 26.7 Å². The summed E-state index contributed by atoms with van der Waals surface area (Å²) < 4.78 is 57.6. The number of halogens is 4. The molecule has 1 aromatic heterocycles. The van der Waals surface area contributed by atoms with Gasteiger partial charge in [0.25, 0.3) is 5.87 Å². The summed E-state index contributed by atoms with van der Waals surface area (Å²) in [7, 11) is 1.09. The molecule has 0 saturated carbocycles. The van der Waals surface area contributed by atoms with E-state index in [1.165, 1.54) is 6.20 Å². The Bertz CT molecular complexity index is 653. The summed E-state index contributed by atoms with van der Waals surface area (Å²) >= 11 is 0. The highest BCUT2D eigenvalue weighted by molar-refractivity contribution is 6.70. The third-order valence-electron chi connectivity index (χ3n) is 2.23. The van der Waals surface area contributed by atoms with Gasteiger partial charge in [-0.1, -0.05) is 5.21 Å². The molecule has 5 nitrogen and oxygen atoms in total. The van der Waals surface area contributed by atoms with Crippen LogP contribution in [-0.2, 0) is 0 Å². The molecule has 0 saturated heterocycles. The third kappa shape index (κ3) is 2.81. The van der Waals surface area contributed by atoms with E-state index in [1.54, 1.807) is 7.85 Å². The fourth-order valence-corrected chi connectivity index (χ4v) is 1.39. The number of hydrogen-bond acceptors (Lipinski definition) is 4. The first-order chi connectivity index (χ1) is 9.38. The number of benzene rings is 1. The fraction of sp³-hybridized carbons (Fsp3) is 0. The monoisotopic (exact) mass is 285 g/mol. The average molecular weight is 285 g/mol. The molecular formula is C9H5B2F4N3O2. The summed E-state index contributed by atoms with van der Waals surface area (Å²) in [6.07, 6.45) is 1.38. The van der Waals surface area contributed by atoms with E-state index < -0.39 is 42.3 Å². The van der Waals surface area contributed by atoms with Crippen LogP contribution in [-0.4, -0.2) is 36.0 Å². The van der Waals surface area contributed by atoms with E-state index in [-0.39, 0.29) is 6.07 Å². The van der Waals surface area contributed by atoms with Gasteiger partial charge >= 0.3 is 7.41 Å². The van der Waals surface area contributed by atoms with Gasteiger partial charge in [0.05, 0.1) is 0 Å². The molecule has 2 aromatic rings. The van der Waals surface area contributed by atoms with Crippen LogP contribution in [0.25, 0.3) is 0 Å². The van der Waals surface area contributed by atoms with Gasteiger partial charge in [-0.15, -0.1) is 5.10 Å². The molecule has 11 heteroatoms. The second-order valence-electron chi connectivity index (χ2n) is 3.83. The molecule has 0 amide bonds. The highest BCUT2D eigenvalue weighted by Crippen LogP contribution is 2.26. The topological polar surface area (TPSA) is 57.0 Å². The first-order valence-electron chi connectivity index (χ1n) is 5.29. The molecule has 0 radical (unpaired) electrons. The Balaban J connectivity index is 2.20. The first kappa shape index (κ1) is 14.1. The number of hydrogen-bond donors (Lipinski definition) is 0. The maximum atomic E-state index is 13.3. The highest BCUT2D eigenvalue weighted by atomic mass is 19.2. The van der Waals surface area contributed by atoms with Gasteiger partial charge in [0.2, 0.25) is 17.4 Å². The fourth-order valence-electron chi connectivity index (χ4n) is 1.39. The van der Waals surface area contributed by atoms with Crippen molar-refractivity contribution in [1.82, 2.24) is 14.9 Å². The van der Waals surface area contributed by atoms with E-state index in [1.807, 2.05) is 0 Å². The van der Waals surface area contributed by atoms with Crippen LogP contribution in [0.4, 0.5) is 22.4 Å². The zero-order chi connectivity index (χ0) is 14.9. The van der Waals surface area contributed by atoms with Crippen molar-refractivity contribution in [3.63, 3.8) is 0 Å². The van der Waals surface area contributed by atoms with Crippen LogP contribution in [0.15, 0.2) is 12.3 Å². The number of aromatic nitrogens is 3. The number of ether oxygens (including phenoxy) is 1. The van der Waals surface area contributed by atoms with Crippen molar-refractivity contribution < 1.29 is 27.1 Å². The lowest BCUT2D eigenvalue weighted by atomic mass is 9.95. The van der Waals surface area contributed by atoms with Gasteiger partial charge < -0.3 is 4.74 Å². The van der Waals surface area contributed by atoms with Crippen LogP contribution >= 0.6 is 0 Å². The quantitative estimate of drug-likeness (QED) is 0.433. The molecule has 1 heterocycles. The van der Waals surface area contributed by atoms with Crippen molar-refractivity contribution in [1.29, 1.82) is 0 Å². The molecule has 20 heavy (non-hydrogen) atoms. The molecule has 0 bridgehead atoms. The van der Waals surface area contributed by atoms with Crippen molar-refractivity contribution in [3.8, 4) is 5.75 Å². The van der Waals surface area contributed by atoms with Crippen LogP contribution in [0.2, 0.25) is 0 Å². The molecule has 102 valence electrons. The molecule has 0 aliphatic heterocycles. The van der Waals surface area contributed by atoms with Crippen molar-refractivity contribution in [2.75, 3.05) is 0 Å². The van der Waals surface area contributed by atoms with Crippen LogP contribution in [0, 0.1) is 23.3 Å². The van der Waals surface area contributed by atoms with Crippen LogP contribution in [0.3, 0.4) is 0 Å². The second kappa shape index (κ2) is 5.35. The summed E-state index contributed by atoms with van der Waals surface area (Å²) in [5, 5.41) is 7.08. The molecule has 0 fully saturated rings. The predicted octanol–water partition coefficient (Wildman–Crippen LogP) is -0.508. The van der Waals surface area contributed by atoms with Gasteiger partial charge in [-0.3, -0.25) is 9.39 Å². The van der Waals surface area contributed by atoms with Crippen molar-refractivity contribution in [2.45, 2.75) is 0 Å². The summed E-state index contributed by atoms with van der Waals surface area (Å²) in [6, 6.07) is 0.0167. The minimum absolute atomic E-state index is 0.0167. The van der Waals surface area contributed by atoms with Gasteiger partial charge in [-0.2, -0.15) is 8.78 Å². The van der Waals surface area contributed by atoms with Gasteiger partial charge in [-0.05, 0) is 0 Å². The molecule has 0 unspecified atom stereocenters. The maximum Gasteiger partial charge on any atom is 0.398 e. The molecule has 2 rings (SSSR count). The van der Waals surface area contributed by atoms with E-state index >= 15 is 0 Å². The van der Waals surface area contributed by atoms with Gasteiger partial charge in [0, 0.05) is 17.9 Å². The zero-order valence-electron chi connectivity index (χ0n) is 10.0. The van der Waals surface area contributed by atoms with Crippen LogP contribution < -0.4 is 10.3 Å². The van der Waals surface area contributed by atoms with E-state index in [0.29, 0.717) is 5.59 Å². The summed E-state index contributed by atoms with van der Waals surface area (Å²) in [6.45, 7) is 0. The first-order valence-corrected chi connectivity index (χ1v) is 5.29. The second-order valence-corrected chi connectivity index (χ2v) is 3.83. The van der Waals surface area contributed by atoms with Crippen LogP contribution in [0.5, 0.6) is 5.75 Å². The normalized spacial score (nSPS) is 10.4. The average Bonchev–Trinajstić information content (AvgIpc) is 2.77. The van der Waals surface area contributed by atoms with Crippen molar-refractivity contribution in [2.24, 2.45) is 0 Å². The van der Waals surface area contributed by atoms with Gasteiger partial charge in [-0.25, -0.2) is 8.78 Å². The number of carbonyl (C=O) groups is 1. The zero-order valence-corrected chi connectivity index (χ0v) is 10.0. The molecule has 0 aliphatic rings. The minimum atomic E-state index is -1.79. The molecule has 0 aliphatic carbocycles. The van der Waals surface area contributed by atoms with E-state index in [9.17, 15) is 22.4 Å². The van der Waals surface area contributed by atoms with E-state index in [4.69, 9.17) is 0 Å². The Morgan fingerprint density at radius 2 is 1.85 bits per heavy atom. The lowest BCUT2D eigenvalue weighted by Gasteiger charge is -2.07. The maximum absolute atomic E-state index is 13.3. The summed E-state index contributed by atoms with van der Waals surface area (Å²) in [5.41, 5.74) is 0.506. The Hall–Kier alpha value is -2.32. The van der Waals surface area contributed by atoms with Gasteiger partial charge in [0.15, 0.2) is 19.5 Å². The van der Waals surface area contributed by atoms with Gasteiger partial charge in [0.1, 0.15) is 0 Å². The number of rotatable bonds is 3. The van der Waals surface area contributed by atoms with E-state index in [2.05, 4.69) is 15.0 Å². The molecular weight excluding hydrogens is 280 g/mol. The molecule has 0 N–H and O–H groups in total. The Labute approximate surface area is 111 Å². The van der Waals surface area contributed by atoms with Crippen LogP contribution in [0.1, 0.15) is 0 Å².